The van der Waals surface area contributed by atoms with Crippen molar-refractivity contribution in [3.05, 3.63) is 54.1 Å². The van der Waals surface area contributed by atoms with Gasteiger partial charge in [-0.25, -0.2) is 0 Å². The Hall–Kier alpha value is -1.65. The summed E-state index contributed by atoms with van der Waals surface area (Å²) >= 11 is -2.10. The molecule has 0 fully saturated rings. The number of hydrogen-bond donors (Lipinski definition) is 1. The molecule has 0 aliphatic rings. The van der Waals surface area contributed by atoms with Crippen molar-refractivity contribution >= 4 is 16.8 Å². The van der Waals surface area contributed by atoms with Crippen LogP contribution in [0.2, 0.25) is 0 Å². The standard InChI is InChI=1S/C14H15NO2S/c1-11-6-8-12(9-7-11)13-4-2-3-5-14(13)15-10-18(16)17/h2-9,15H,10H2,1H3,(H,16,17)/p-1. The molecular formula is C14H14NO2S-. The largest absolute Gasteiger partial charge is 0.771 e. The summed E-state index contributed by atoms with van der Waals surface area (Å²) in [5.74, 6) is -0.0805. The third-order valence-electron chi connectivity index (χ3n) is 2.67. The Bertz CT molecular complexity index is 552. The Morgan fingerprint density at radius 1 is 1.11 bits per heavy atom. The lowest BCUT2D eigenvalue weighted by Gasteiger charge is -2.13. The van der Waals surface area contributed by atoms with Crippen molar-refractivity contribution in [2.75, 3.05) is 11.2 Å². The van der Waals surface area contributed by atoms with Crippen molar-refractivity contribution in [1.82, 2.24) is 0 Å². The van der Waals surface area contributed by atoms with Crippen LogP contribution < -0.4 is 5.32 Å². The molecule has 3 nitrogen and oxygen atoms in total. The van der Waals surface area contributed by atoms with Crippen molar-refractivity contribution in [3.8, 4) is 11.1 Å². The van der Waals surface area contributed by atoms with E-state index in [1.54, 1.807) is 0 Å². The summed E-state index contributed by atoms with van der Waals surface area (Å²) in [6, 6.07) is 15.8. The molecule has 18 heavy (non-hydrogen) atoms. The lowest BCUT2D eigenvalue weighted by molar-refractivity contribution is 0.539. The highest BCUT2D eigenvalue weighted by molar-refractivity contribution is 7.79. The van der Waals surface area contributed by atoms with Gasteiger partial charge in [-0.1, -0.05) is 48.0 Å². The first kappa shape index (κ1) is 12.8. The summed E-state index contributed by atoms with van der Waals surface area (Å²) < 4.78 is 21.2. The molecule has 0 saturated heterocycles. The molecule has 0 aliphatic heterocycles. The van der Waals surface area contributed by atoms with Gasteiger partial charge in [-0.3, -0.25) is 4.21 Å². The monoisotopic (exact) mass is 260 g/mol. The molecule has 2 aromatic carbocycles. The Morgan fingerprint density at radius 2 is 1.78 bits per heavy atom. The van der Waals surface area contributed by atoms with Gasteiger partial charge in [0, 0.05) is 11.3 Å². The molecule has 94 valence electrons. The highest BCUT2D eigenvalue weighted by Gasteiger charge is 2.03. The molecule has 0 saturated carbocycles. The average Bonchev–Trinajstić information content (AvgIpc) is 2.38. The number of aryl methyl sites for hydroxylation is 1. The van der Waals surface area contributed by atoms with Gasteiger partial charge in [0.2, 0.25) is 0 Å². The summed E-state index contributed by atoms with van der Waals surface area (Å²) in [6.45, 7) is 2.04. The summed E-state index contributed by atoms with van der Waals surface area (Å²) in [5.41, 5.74) is 4.10. The number of anilines is 1. The zero-order chi connectivity index (χ0) is 13.0. The van der Waals surface area contributed by atoms with Crippen molar-refractivity contribution in [2.45, 2.75) is 6.92 Å². The van der Waals surface area contributed by atoms with E-state index < -0.39 is 11.1 Å². The van der Waals surface area contributed by atoms with Gasteiger partial charge < -0.3 is 9.87 Å². The van der Waals surface area contributed by atoms with Crippen LogP contribution in [0.15, 0.2) is 48.5 Å². The Kier molecular flexibility index (Phi) is 4.12. The second kappa shape index (κ2) is 5.80. The molecule has 0 amide bonds. The average molecular weight is 260 g/mol. The van der Waals surface area contributed by atoms with Crippen molar-refractivity contribution in [2.24, 2.45) is 0 Å². The maximum atomic E-state index is 10.6. The van der Waals surface area contributed by atoms with E-state index in [-0.39, 0.29) is 5.88 Å². The number of hydrogen-bond acceptors (Lipinski definition) is 3. The van der Waals surface area contributed by atoms with Crippen molar-refractivity contribution < 1.29 is 8.76 Å². The van der Waals surface area contributed by atoms with Gasteiger partial charge >= 0.3 is 0 Å². The maximum Gasteiger partial charge on any atom is 0.0777 e. The van der Waals surface area contributed by atoms with Crippen LogP contribution in [-0.2, 0) is 11.1 Å². The van der Waals surface area contributed by atoms with E-state index in [1.165, 1.54) is 5.56 Å². The van der Waals surface area contributed by atoms with Gasteiger partial charge in [-0.05, 0) is 29.6 Å². The van der Waals surface area contributed by atoms with Crippen LogP contribution in [0.5, 0.6) is 0 Å². The van der Waals surface area contributed by atoms with Crippen LogP contribution in [0.1, 0.15) is 5.56 Å². The SMILES string of the molecule is Cc1ccc(-c2ccccc2NCS(=O)[O-])cc1. The summed E-state index contributed by atoms with van der Waals surface area (Å²) in [5, 5.41) is 2.91. The van der Waals surface area contributed by atoms with E-state index in [4.69, 9.17) is 0 Å². The van der Waals surface area contributed by atoms with Gasteiger partial charge in [-0.15, -0.1) is 0 Å². The van der Waals surface area contributed by atoms with Gasteiger partial charge in [0.05, 0.1) is 5.88 Å². The molecule has 0 aliphatic carbocycles. The number of para-hydroxylation sites is 1. The topological polar surface area (TPSA) is 52.2 Å². The van der Waals surface area contributed by atoms with Gasteiger partial charge in [-0.2, -0.15) is 0 Å². The van der Waals surface area contributed by atoms with Crippen LogP contribution in [-0.4, -0.2) is 14.6 Å². The quantitative estimate of drug-likeness (QED) is 0.860. The highest BCUT2D eigenvalue weighted by Crippen LogP contribution is 2.27. The molecule has 0 radical (unpaired) electrons. The smallest absolute Gasteiger partial charge is 0.0777 e. The Labute approximate surface area is 109 Å². The second-order valence-electron chi connectivity index (χ2n) is 4.04. The lowest BCUT2D eigenvalue weighted by atomic mass is 10.0. The second-order valence-corrected chi connectivity index (χ2v) is 4.93. The predicted octanol–water partition coefficient (Wildman–Crippen LogP) is 2.91. The first-order valence-electron chi connectivity index (χ1n) is 5.62. The molecule has 2 aromatic rings. The molecule has 2 rings (SSSR count). The lowest BCUT2D eigenvalue weighted by Crippen LogP contribution is -2.07. The molecule has 1 unspecified atom stereocenters. The fraction of sp³-hybridized carbons (Fsp3) is 0.143. The normalized spacial score (nSPS) is 12.1. The zero-order valence-corrected chi connectivity index (χ0v) is 10.9. The van der Waals surface area contributed by atoms with Crippen LogP contribution in [0.4, 0.5) is 5.69 Å². The van der Waals surface area contributed by atoms with Gasteiger partial charge in [0.15, 0.2) is 0 Å². The molecule has 0 bridgehead atoms. The molecule has 0 spiro atoms. The van der Waals surface area contributed by atoms with Crippen LogP contribution in [0.25, 0.3) is 11.1 Å². The maximum absolute atomic E-state index is 10.6. The fourth-order valence-corrected chi connectivity index (χ4v) is 2.03. The molecule has 4 heteroatoms. The molecule has 1 N–H and O–H groups in total. The van der Waals surface area contributed by atoms with E-state index in [0.717, 1.165) is 16.8 Å². The summed E-state index contributed by atoms with van der Waals surface area (Å²) in [6.07, 6.45) is 0. The predicted molar refractivity (Wildman–Crippen MR) is 74.0 cm³/mol. The van der Waals surface area contributed by atoms with Crippen molar-refractivity contribution in [3.63, 3.8) is 0 Å². The van der Waals surface area contributed by atoms with E-state index in [1.807, 2.05) is 55.5 Å². The Balaban J connectivity index is 2.32. The molecule has 1 atom stereocenters. The van der Waals surface area contributed by atoms with Gasteiger partial charge in [0.1, 0.15) is 0 Å². The first-order valence-corrected chi connectivity index (χ1v) is 6.87. The molecule has 0 aromatic heterocycles. The highest BCUT2D eigenvalue weighted by atomic mass is 32.2. The van der Waals surface area contributed by atoms with Crippen LogP contribution in [0, 0.1) is 6.92 Å². The van der Waals surface area contributed by atoms with Crippen molar-refractivity contribution in [1.29, 1.82) is 0 Å². The number of benzene rings is 2. The van der Waals surface area contributed by atoms with E-state index in [0.29, 0.717) is 0 Å². The number of rotatable bonds is 4. The number of nitrogens with one attached hydrogen (secondary N) is 1. The third kappa shape index (κ3) is 3.18. The zero-order valence-electron chi connectivity index (χ0n) is 10.1. The Morgan fingerprint density at radius 3 is 2.44 bits per heavy atom. The van der Waals surface area contributed by atoms with Crippen LogP contribution in [0.3, 0.4) is 0 Å². The van der Waals surface area contributed by atoms with E-state index in [2.05, 4.69) is 5.32 Å². The molecular weight excluding hydrogens is 246 g/mol. The van der Waals surface area contributed by atoms with E-state index >= 15 is 0 Å². The summed E-state index contributed by atoms with van der Waals surface area (Å²) in [7, 11) is 0. The first-order chi connectivity index (χ1) is 8.66. The van der Waals surface area contributed by atoms with Gasteiger partial charge in [0.25, 0.3) is 0 Å². The fourth-order valence-electron chi connectivity index (χ4n) is 1.76. The molecule has 0 heterocycles. The summed E-state index contributed by atoms with van der Waals surface area (Å²) in [4.78, 5) is 0. The minimum absolute atomic E-state index is 0.0805. The van der Waals surface area contributed by atoms with Crippen LogP contribution >= 0.6 is 0 Å². The minimum atomic E-state index is -2.10. The van der Waals surface area contributed by atoms with E-state index in [9.17, 15) is 8.76 Å². The third-order valence-corrected chi connectivity index (χ3v) is 3.05. The minimum Gasteiger partial charge on any atom is -0.771 e.